The monoisotopic (exact) mass is 403 g/mol. The van der Waals surface area contributed by atoms with Gasteiger partial charge in [0.2, 0.25) is 5.43 Å². The summed E-state index contributed by atoms with van der Waals surface area (Å²) >= 11 is 5.70. The molecule has 1 amide bonds. The lowest BCUT2D eigenvalue weighted by molar-refractivity contribution is 0.0954. The van der Waals surface area contributed by atoms with Gasteiger partial charge < -0.3 is 14.5 Å². The zero-order valence-corrected chi connectivity index (χ0v) is 15.6. The van der Waals surface area contributed by atoms with Crippen LogP contribution >= 0.6 is 11.6 Å². The number of aromatic nitrogens is 1. The van der Waals surface area contributed by atoms with E-state index in [2.05, 4.69) is 15.5 Å². The summed E-state index contributed by atoms with van der Waals surface area (Å²) in [5, 5.41) is 3.73. The molecule has 2 aromatic carbocycles. The number of carbonyl (C=O) groups is 1. The Morgan fingerprint density at radius 1 is 1.25 bits per heavy atom. The van der Waals surface area contributed by atoms with Crippen molar-refractivity contribution < 1.29 is 18.7 Å². The van der Waals surface area contributed by atoms with E-state index in [1.807, 2.05) is 0 Å². The summed E-state index contributed by atoms with van der Waals surface area (Å²) in [6.07, 6.45) is 2.57. The maximum atomic E-state index is 13.7. The first-order valence-corrected chi connectivity index (χ1v) is 8.38. The fourth-order valence-corrected chi connectivity index (χ4v) is 2.71. The van der Waals surface area contributed by atoms with Crippen LogP contribution in [0.25, 0.3) is 10.9 Å². The third-order valence-corrected chi connectivity index (χ3v) is 4.26. The number of hydrogen-bond donors (Lipinski definition) is 2. The Morgan fingerprint density at radius 3 is 2.75 bits per heavy atom. The molecule has 0 aliphatic rings. The van der Waals surface area contributed by atoms with E-state index in [-0.39, 0.29) is 16.0 Å². The van der Waals surface area contributed by atoms with Gasteiger partial charge in [-0.2, -0.15) is 5.10 Å². The van der Waals surface area contributed by atoms with Gasteiger partial charge in [0, 0.05) is 17.1 Å². The van der Waals surface area contributed by atoms with Crippen LogP contribution in [0.2, 0.25) is 5.02 Å². The molecule has 2 N–H and O–H groups in total. The Balaban J connectivity index is 1.86. The van der Waals surface area contributed by atoms with Crippen LogP contribution < -0.4 is 20.3 Å². The number of hydrogen-bond acceptors (Lipinski definition) is 5. The van der Waals surface area contributed by atoms with Gasteiger partial charge in [-0.15, -0.1) is 0 Å². The van der Waals surface area contributed by atoms with E-state index in [4.69, 9.17) is 21.1 Å². The number of benzene rings is 2. The highest BCUT2D eigenvalue weighted by Crippen LogP contribution is 2.22. The zero-order chi connectivity index (χ0) is 20.3. The summed E-state index contributed by atoms with van der Waals surface area (Å²) in [4.78, 5) is 27.5. The molecule has 0 fully saturated rings. The van der Waals surface area contributed by atoms with Crippen LogP contribution in [0.3, 0.4) is 0 Å². The third-order valence-electron chi connectivity index (χ3n) is 3.97. The lowest BCUT2D eigenvalue weighted by Gasteiger charge is -2.07. The second-order valence-corrected chi connectivity index (χ2v) is 6.06. The fourth-order valence-electron chi connectivity index (χ4n) is 2.54. The number of pyridine rings is 1. The normalized spacial score (nSPS) is 11.0. The van der Waals surface area contributed by atoms with Crippen LogP contribution in [0, 0.1) is 5.82 Å². The minimum absolute atomic E-state index is 0.00740. The largest absolute Gasteiger partial charge is 0.497 e. The molecule has 0 saturated carbocycles. The van der Waals surface area contributed by atoms with Gasteiger partial charge in [0.1, 0.15) is 22.9 Å². The van der Waals surface area contributed by atoms with Crippen molar-refractivity contribution in [1.29, 1.82) is 0 Å². The van der Waals surface area contributed by atoms with Gasteiger partial charge in [0.25, 0.3) is 5.91 Å². The first-order valence-electron chi connectivity index (χ1n) is 8.00. The van der Waals surface area contributed by atoms with Crippen molar-refractivity contribution in [2.45, 2.75) is 0 Å². The molecule has 0 spiro atoms. The van der Waals surface area contributed by atoms with Gasteiger partial charge in [0.05, 0.1) is 31.0 Å². The minimum atomic E-state index is -0.753. The molecule has 3 aromatic rings. The van der Waals surface area contributed by atoms with Crippen molar-refractivity contribution in [1.82, 2.24) is 10.4 Å². The first-order chi connectivity index (χ1) is 13.4. The molecule has 28 heavy (non-hydrogen) atoms. The topological polar surface area (TPSA) is 92.8 Å². The summed E-state index contributed by atoms with van der Waals surface area (Å²) in [5.74, 6) is -0.396. The molecule has 1 aromatic heterocycles. The van der Waals surface area contributed by atoms with E-state index in [1.165, 1.54) is 32.7 Å². The highest BCUT2D eigenvalue weighted by Gasteiger charge is 2.14. The minimum Gasteiger partial charge on any atom is -0.497 e. The molecule has 0 unspecified atom stereocenters. The van der Waals surface area contributed by atoms with E-state index in [0.29, 0.717) is 22.6 Å². The zero-order valence-electron chi connectivity index (χ0n) is 14.9. The number of fused-ring (bicyclic) bond motifs is 1. The number of amides is 1. The highest BCUT2D eigenvalue weighted by atomic mass is 35.5. The first kappa shape index (κ1) is 19.4. The van der Waals surface area contributed by atoms with Gasteiger partial charge in [-0.1, -0.05) is 11.6 Å². The molecule has 0 aliphatic carbocycles. The second kappa shape index (κ2) is 8.10. The molecule has 0 radical (unpaired) electrons. The Hall–Kier alpha value is -3.39. The number of ether oxygens (including phenoxy) is 2. The quantitative estimate of drug-likeness (QED) is 0.505. The maximum Gasteiger partial charge on any atom is 0.276 e. The van der Waals surface area contributed by atoms with Crippen LogP contribution in [0.4, 0.5) is 4.39 Å². The van der Waals surface area contributed by atoms with E-state index >= 15 is 0 Å². The smallest absolute Gasteiger partial charge is 0.276 e. The average molecular weight is 404 g/mol. The molecular formula is C19H15ClFN3O4. The second-order valence-electron chi connectivity index (χ2n) is 5.65. The van der Waals surface area contributed by atoms with Crippen molar-refractivity contribution in [2.24, 2.45) is 5.10 Å². The van der Waals surface area contributed by atoms with Crippen LogP contribution in [-0.4, -0.2) is 31.3 Å². The van der Waals surface area contributed by atoms with Crippen molar-refractivity contribution in [3.63, 3.8) is 0 Å². The molecule has 144 valence electrons. The Labute approximate surface area is 163 Å². The number of carbonyl (C=O) groups excluding carboxylic acids is 1. The molecule has 9 heteroatoms. The maximum absolute atomic E-state index is 13.7. The van der Waals surface area contributed by atoms with E-state index < -0.39 is 17.2 Å². The molecular weight excluding hydrogens is 389 g/mol. The molecule has 7 nitrogen and oxygen atoms in total. The van der Waals surface area contributed by atoms with E-state index in [0.717, 1.165) is 6.07 Å². The predicted octanol–water partition coefficient (Wildman–Crippen LogP) is 3.10. The Kier molecular flexibility index (Phi) is 5.60. The van der Waals surface area contributed by atoms with Gasteiger partial charge in [-0.3, -0.25) is 9.59 Å². The predicted molar refractivity (Wildman–Crippen MR) is 104 cm³/mol. The van der Waals surface area contributed by atoms with Crippen molar-refractivity contribution >= 4 is 34.6 Å². The number of methoxy groups -OCH3 is 2. The van der Waals surface area contributed by atoms with Gasteiger partial charge in [-0.25, -0.2) is 9.82 Å². The Bertz CT molecular complexity index is 1140. The summed E-state index contributed by atoms with van der Waals surface area (Å²) in [7, 11) is 3.02. The molecule has 0 saturated heterocycles. The fraction of sp³-hybridized carbons (Fsp3) is 0.105. The number of H-pyrrole nitrogens is 1. The SMILES string of the molecule is COc1ccc(OC)c(/C=N/NC(=O)c2c[nH]c3cc(Cl)c(F)cc3c2=O)c1. The highest BCUT2D eigenvalue weighted by molar-refractivity contribution is 6.31. The van der Waals surface area contributed by atoms with Crippen LogP contribution in [0.15, 0.2) is 46.4 Å². The number of aromatic amines is 1. The van der Waals surface area contributed by atoms with Crippen molar-refractivity contribution in [3.05, 3.63) is 68.7 Å². The van der Waals surface area contributed by atoms with Crippen molar-refractivity contribution in [3.8, 4) is 11.5 Å². The van der Waals surface area contributed by atoms with Crippen LogP contribution in [0.5, 0.6) is 11.5 Å². The average Bonchev–Trinajstić information content (AvgIpc) is 2.69. The van der Waals surface area contributed by atoms with Gasteiger partial charge in [-0.05, 0) is 30.3 Å². The third kappa shape index (κ3) is 3.81. The molecule has 0 aliphatic heterocycles. The van der Waals surface area contributed by atoms with Gasteiger partial charge in [0.15, 0.2) is 0 Å². The van der Waals surface area contributed by atoms with Crippen LogP contribution in [-0.2, 0) is 0 Å². The standard InChI is InChI=1S/C19H15ClFN3O4/c1-27-11-3-4-17(28-2)10(5-11)8-23-24-19(26)13-9-22-16-7-14(20)15(21)6-12(16)18(13)25/h3-9H,1-2H3,(H,22,25)(H,24,26)/b23-8+. The van der Waals surface area contributed by atoms with Crippen molar-refractivity contribution in [2.75, 3.05) is 14.2 Å². The molecule has 0 bridgehead atoms. The summed E-state index contributed by atoms with van der Waals surface area (Å²) in [5.41, 5.74) is 2.28. The lowest BCUT2D eigenvalue weighted by Crippen LogP contribution is -2.25. The summed E-state index contributed by atoms with van der Waals surface area (Å²) in [6, 6.07) is 7.34. The Morgan fingerprint density at radius 2 is 2.04 bits per heavy atom. The number of halogens is 2. The number of hydrazone groups is 1. The van der Waals surface area contributed by atoms with E-state index in [1.54, 1.807) is 18.2 Å². The molecule has 3 rings (SSSR count). The summed E-state index contributed by atoms with van der Waals surface area (Å²) in [6.45, 7) is 0. The number of nitrogens with zero attached hydrogens (tertiary/aromatic N) is 1. The van der Waals surface area contributed by atoms with Crippen LogP contribution in [0.1, 0.15) is 15.9 Å². The lowest BCUT2D eigenvalue weighted by atomic mass is 10.1. The number of rotatable bonds is 5. The summed E-state index contributed by atoms with van der Waals surface area (Å²) < 4.78 is 24.0. The van der Waals surface area contributed by atoms with Gasteiger partial charge >= 0.3 is 0 Å². The molecule has 0 atom stereocenters. The van der Waals surface area contributed by atoms with E-state index in [9.17, 15) is 14.0 Å². The number of nitrogens with one attached hydrogen (secondary N) is 2. The molecule has 1 heterocycles.